The summed E-state index contributed by atoms with van der Waals surface area (Å²) in [5, 5.41) is 0. The van der Waals surface area contributed by atoms with Gasteiger partial charge in [-0.05, 0) is 25.0 Å². The molecule has 1 N–H and O–H groups in total. The zero-order valence-corrected chi connectivity index (χ0v) is 13.9. The normalized spacial score (nSPS) is 16.7. The largest absolute Gasteiger partial charge is 0.342 e. The van der Waals surface area contributed by atoms with Gasteiger partial charge in [-0.2, -0.15) is 0 Å². The molecule has 1 aliphatic heterocycles. The van der Waals surface area contributed by atoms with Gasteiger partial charge in [0, 0.05) is 24.4 Å². The SMILES string of the molecule is CC(C)(C)C(=O)N1CCC(C(=O)c2nc3ccccc3[nH]2)CC1. The number of amides is 1. The van der Waals surface area contributed by atoms with E-state index in [1.807, 2.05) is 49.9 Å². The molecule has 0 saturated carbocycles. The van der Waals surface area contributed by atoms with Gasteiger partial charge in [0.1, 0.15) is 0 Å². The van der Waals surface area contributed by atoms with Crippen LogP contribution in [0, 0.1) is 11.3 Å². The summed E-state index contributed by atoms with van der Waals surface area (Å²) in [5.41, 5.74) is 1.34. The lowest BCUT2D eigenvalue weighted by Gasteiger charge is -2.35. The first-order valence-corrected chi connectivity index (χ1v) is 8.14. The summed E-state index contributed by atoms with van der Waals surface area (Å²) in [6.07, 6.45) is 1.41. The lowest BCUT2D eigenvalue weighted by molar-refractivity contribution is -0.140. The number of Topliss-reactive ketones (excluding diaryl/α,β-unsaturated/α-hetero) is 1. The highest BCUT2D eigenvalue weighted by molar-refractivity contribution is 5.97. The molecule has 122 valence electrons. The van der Waals surface area contributed by atoms with Gasteiger partial charge < -0.3 is 9.88 Å². The Labute approximate surface area is 136 Å². The van der Waals surface area contributed by atoms with Crippen LogP contribution in [0.1, 0.15) is 44.2 Å². The van der Waals surface area contributed by atoms with Gasteiger partial charge in [-0.1, -0.05) is 32.9 Å². The summed E-state index contributed by atoms with van der Waals surface area (Å²) in [5.74, 6) is 0.600. The van der Waals surface area contributed by atoms with E-state index < -0.39 is 0 Å². The molecule has 1 aromatic carbocycles. The number of imidazole rings is 1. The van der Waals surface area contributed by atoms with Gasteiger partial charge in [-0.25, -0.2) is 4.98 Å². The molecule has 0 bridgehead atoms. The summed E-state index contributed by atoms with van der Waals surface area (Å²) >= 11 is 0. The van der Waals surface area contributed by atoms with Crippen molar-refractivity contribution in [3.63, 3.8) is 0 Å². The minimum Gasteiger partial charge on any atom is -0.342 e. The van der Waals surface area contributed by atoms with E-state index in [4.69, 9.17) is 0 Å². The molecule has 1 aromatic heterocycles. The summed E-state index contributed by atoms with van der Waals surface area (Å²) in [4.78, 5) is 34.3. The number of para-hydroxylation sites is 2. The number of benzene rings is 1. The van der Waals surface area contributed by atoms with E-state index in [2.05, 4.69) is 9.97 Å². The average Bonchev–Trinajstić information content (AvgIpc) is 2.96. The number of carbonyl (C=O) groups is 2. The number of H-pyrrole nitrogens is 1. The van der Waals surface area contributed by atoms with Gasteiger partial charge in [-0.15, -0.1) is 0 Å². The van der Waals surface area contributed by atoms with E-state index >= 15 is 0 Å². The lowest BCUT2D eigenvalue weighted by atomic mass is 9.89. The van der Waals surface area contributed by atoms with Crippen LogP contribution < -0.4 is 0 Å². The Kier molecular flexibility index (Phi) is 3.96. The van der Waals surface area contributed by atoms with Gasteiger partial charge in [0.05, 0.1) is 11.0 Å². The Balaban J connectivity index is 1.67. The van der Waals surface area contributed by atoms with Crippen LogP contribution in [-0.2, 0) is 4.79 Å². The van der Waals surface area contributed by atoms with E-state index in [1.54, 1.807) is 0 Å². The molecule has 1 aliphatic rings. The van der Waals surface area contributed by atoms with Crippen molar-refractivity contribution in [2.45, 2.75) is 33.6 Å². The van der Waals surface area contributed by atoms with Gasteiger partial charge in [-0.3, -0.25) is 9.59 Å². The molecule has 2 aromatic rings. The minimum atomic E-state index is -0.365. The van der Waals surface area contributed by atoms with E-state index in [9.17, 15) is 9.59 Å². The summed E-state index contributed by atoms with van der Waals surface area (Å²) in [6, 6.07) is 7.65. The highest BCUT2D eigenvalue weighted by Gasteiger charge is 2.33. The fourth-order valence-electron chi connectivity index (χ4n) is 3.08. The lowest BCUT2D eigenvalue weighted by Crippen LogP contribution is -2.45. The molecule has 5 heteroatoms. The molecule has 1 fully saturated rings. The second-order valence-corrected chi connectivity index (χ2v) is 7.28. The molecule has 1 amide bonds. The molecule has 2 heterocycles. The van der Waals surface area contributed by atoms with Crippen LogP contribution in [0.25, 0.3) is 11.0 Å². The maximum Gasteiger partial charge on any atom is 0.227 e. The Morgan fingerprint density at radius 3 is 2.43 bits per heavy atom. The van der Waals surface area contributed by atoms with Crippen LogP contribution in [-0.4, -0.2) is 39.6 Å². The number of fused-ring (bicyclic) bond motifs is 1. The molecular formula is C18H23N3O2. The van der Waals surface area contributed by atoms with Crippen LogP contribution in [0.2, 0.25) is 0 Å². The fraction of sp³-hybridized carbons (Fsp3) is 0.500. The second-order valence-electron chi connectivity index (χ2n) is 7.28. The third-order valence-electron chi connectivity index (χ3n) is 4.42. The standard InChI is InChI=1S/C18H23N3O2/c1-18(2,3)17(23)21-10-8-12(9-11-21)15(22)16-19-13-6-4-5-7-14(13)20-16/h4-7,12H,8-11H2,1-3H3,(H,19,20). The van der Waals surface area contributed by atoms with Crippen molar-refractivity contribution < 1.29 is 9.59 Å². The molecule has 3 rings (SSSR count). The van der Waals surface area contributed by atoms with Crippen molar-refractivity contribution in [3.05, 3.63) is 30.1 Å². The van der Waals surface area contributed by atoms with Gasteiger partial charge in [0.25, 0.3) is 0 Å². The Morgan fingerprint density at radius 1 is 1.17 bits per heavy atom. The highest BCUT2D eigenvalue weighted by Crippen LogP contribution is 2.25. The molecule has 23 heavy (non-hydrogen) atoms. The quantitative estimate of drug-likeness (QED) is 0.867. The number of hydrogen-bond acceptors (Lipinski definition) is 3. The van der Waals surface area contributed by atoms with E-state index in [-0.39, 0.29) is 23.0 Å². The predicted molar refractivity (Wildman–Crippen MR) is 89.2 cm³/mol. The third-order valence-corrected chi connectivity index (χ3v) is 4.42. The molecule has 0 atom stereocenters. The molecule has 1 saturated heterocycles. The van der Waals surface area contributed by atoms with Crippen LogP contribution in [0.5, 0.6) is 0 Å². The smallest absolute Gasteiger partial charge is 0.227 e. The maximum absolute atomic E-state index is 12.6. The Morgan fingerprint density at radius 2 is 1.83 bits per heavy atom. The molecule has 0 unspecified atom stereocenters. The van der Waals surface area contributed by atoms with E-state index in [1.165, 1.54) is 0 Å². The monoisotopic (exact) mass is 313 g/mol. The zero-order chi connectivity index (χ0) is 16.6. The maximum atomic E-state index is 12.6. The predicted octanol–water partition coefficient (Wildman–Crippen LogP) is 3.03. The topological polar surface area (TPSA) is 66.1 Å². The second kappa shape index (κ2) is 5.80. The minimum absolute atomic E-state index is 0.0559. The number of ketones is 1. The number of carbonyl (C=O) groups excluding carboxylic acids is 2. The summed E-state index contributed by atoms with van der Waals surface area (Å²) in [7, 11) is 0. The Hall–Kier alpha value is -2.17. The van der Waals surface area contributed by atoms with E-state index in [0.717, 1.165) is 11.0 Å². The molecule has 0 aliphatic carbocycles. The van der Waals surface area contributed by atoms with Crippen molar-refractivity contribution in [2.24, 2.45) is 11.3 Å². The van der Waals surface area contributed by atoms with Gasteiger partial charge >= 0.3 is 0 Å². The van der Waals surface area contributed by atoms with Gasteiger partial charge in [0.2, 0.25) is 11.7 Å². The number of piperidine rings is 1. The zero-order valence-electron chi connectivity index (χ0n) is 13.9. The van der Waals surface area contributed by atoms with Crippen LogP contribution in [0.15, 0.2) is 24.3 Å². The number of hydrogen-bond donors (Lipinski definition) is 1. The number of likely N-dealkylation sites (tertiary alicyclic amines) is 1. The number of aromatic nitrogens is 2. The first kappa shape index (κ1) is 15.7. The van der Waals surface area contributed by atoms with Gasteiger partial charge in [0.15, 0.2) is 5.82 Å². The molecular weight excluding hydrogens is 290 g/mol. The van der Waals surface area contributed by atoms with Crippen LogP contribution >= 0.6 is 0 Å². The van der Waals surface area contributed by atoms with Crippen LogP contribution in [0.3, 0.4) is 0 Å². The molecule has 0 spiro atoms. The fourth-order valence-corrected chi connectivity index (χ4v) is 3.08. The third kappa shape index (κ3) is 3.14. The molecule has 5 nitrogen and oxygen atoms in total. The van der Waals surface area contributed by atoms with Crippen molar-refractivity contribution >= 4 is 22.7 Å². The summed E-state index contributed by atoms with van der Waals surface area (Å²) < 4.78 is 0. The molecule has 0 radical (unpaired) electrons. The number of nitrogens with one attached hydrogen (secondary N) is 1. The number of rotatable bonds is 2. The van der Waals surface area contributed by atoms with E-state index in [0.29, 0.717) is 31.8 Å². The number of nitrogens with zero attached hydrogens (tertiary/aromatic N) is 2. The van der Waals surface area contributed by atoms with Crippen LogP contribution in [0.4, 0.5) is 0 Å². The number of aromatic amines is 1. The average molecular weight is 313 g/mol. The first-order chi connectivity index (χ1) is 10.9. The van der Waals surface area contributed by atoms with Crippen molar-refractivity contribution in [3.8, 4) is 0 Å². The van der Waals surface area contributed by atoms with Crippen molar-refractivity contribution in [1.29, 1.82) is 0 Å². The van der Waals surface area contributed by atoms with Crippen molar-refractivity contribution in [2.75, 3.05) is 13.1 Å². The Bertz CT molecular complexity index is 701. The van der Waals surface area contributed by atoms with Crippen molar-refractivity contribution in [1.82, 2.24) is 14.9 Å². The summed E-state index contributed by atoms with van der Waals surface area (Å²) in [6.45, 7) is 7.09. The first-order valence-electron chi connectivity index (χ1n) is 8.14. The highest BCUT2D eigenvalue weighted by atomic mass is 16.2.